The topological polar surface area (TPSA) is 26.3 Å². The zero-order valence-corrected chi connectivity index (χ0v) is 12.4. The van der Waals surface area contributed by atoms with Gasteiger partial charge in [-0.2, -0.15) is 0 Å². The van der Waals surface area contributed by atoms with Crippen molar-refractivity contribution in [1.82, 2.24) is 0 Å². The lowest BCUT2D eigenvalue weighted by atomic mass is 10.0. The van der Waals surface area contributed by atoms with Crippen molar-refractivity contribution in [3.8, 4) is 5.75 Å². The molecule has 0 N–H and O–H groups in total. The van der Waals surface area contributed by atoms with E-state index in [1.54, 1.807) is 0 Å². The van der Waals surface area contributed by atoms with Crippen LogP contribution in [0.4, 0.5) is 0 Å². The molecule has 2 nitrogen and oxygen atoms in total. The molecule has 0 saturated carbocycles. The van der Waals surface area contributed by atoms with Gasteiger partial charge in [-0.25, -0.2) is 0 Å². The van der Waals surface area contributed by atoms with Crippen LogP contribution in [0.1, 0.15) is 27.0 Å². The van der Waals surface area contributed by atoms with Crippen LogP contribution in [0.25, 0.3) is 0 Å². The third-order valence-electron chi connectivity index (χ3n) is 2.91. The van der Waals surface area contributed by atoms with Gasteiger partial charge in [-0.05, 0) is 44.0 Å². The SMILES string of the molecule is Cc1cc(C)c(C(=O)POc2ccccc2)c(C)c1. The van der Waals surface area contributed by atoms with E-state index in [9.17, 15) is 4.79 Å². The molecule has 0 aliphatic carbocycles. The van der Waals surface area contributed by atoms with Crippen molar-refractivity contribution in [3.05, 3.63) is 64.7 Å². The van der Waals surface area contributed by atoms with Crippen molar-refractivity contribution in [1.29, 1.82) is 0 Å². The van der Waals surface area contributed by atoms with Crippen molar-refractivity contribution in [2.45, 2.75) is 20.8 Å². The van der Waals surface area contributed by atoms with E-state index < -0.39 is 0 Å². The van der Waals surface area contributed by atoms with Crippen LogP contribution in [0.3, 0.4) is 0 Å². The highest BCUT2D eigenvalue weighted by molar-refractivity contribution is 7.54. The molecule has 19 heavy (non-hydrogen) atoms. The lowest BCUT2D eigenvalue weighted by Crippen LogP contribution is -2.01. The number of benzene rings is 2. The first-order chi connectivity index (χ1) is 9.08. The smallest absolute Gasteiger partial charge is 0.221 e. The lowest BCUT2D eigenvalue weighted by molar-refractivity contribution is 0.107. The second kappa shape index (κ2) is 5.99. The first-order valence-corrected chi connectivity index (χ1v) is 7.09. The van der Waals surface area contributed by atoms with Gasteiger partial charge in [-0.15, -0.1) is 0 Å². The molecule has 0 bridgehead atoms. The Hall–Kier alpha value is -1.66. The number of carbonyl (C=O) groups is 1. The number of para-hydroxylation sites is 1. The molecule has 0 amide bonds. The largest absolute Gasteiger partial charge is 0.469 e. The van der Waals surface area contributed by atoms with Crippen LogP contribution < -0.4 is 4.52 Å². The molecule has 0 heterocycles. The normalized spacial score (nSPS) is 10.9. The minimum Gasteiger partial charge on any atom is -0.469 e. The third kappa shape index (κ3) is 3.42. The predicted molar refractivity (Wildman–Crippen MR) is 80.4 cm³/mol. The molecule has 0 spiro atoms. The zero-order chi connectivity index (χ0) is 13.8. The fraction of sp³-hybridized carbons (Fsp3) is 0.188. The highest BCUT2D eigenvalue weighted by Crippen LogP contribution is 2.28. The molecule has 98 valence electrons. The van der Waals surface area contributed by atoms with E-state index in [0.717, 1.165) is 22.4 Å². The molecule has 2 rings (SSSR count). The molecule has 2 aromatic rings. The van der Waals surface area contributed by atoms with E-state index in [1.807, 2.05) is 63.2 Å². The van der Waals surface area contributed by atoms with Crippen LogP contribution >= 0.6 is 8.81 Å². The Labute approximate surface area is 115 Å². The molecular weight excluding hydrogens is 255 g/mol. The maximum atomic E-state index is 12.3. The van der Waals surface area contributed by atoms with Gasteiger partial charge in [0.15, 0.2) is 0 Å². The maximum Gasteiger partial charge on any atom is 0.221 e. The molecule has 0 fully saturated rings. The summed E-state index contributed by atoms with van der Waals surface area (Å²) in [5, 5.41) is 0. The van der Waals surface area contributed by atoms with E-state index >= 15 is 0 Å². The summed E-state index contributed by atoms with van der Waals surface area (Å²) in [7, 11) is -0.188. The van der Waals surface area contributed by atoms with Crippen molar-refractivity contribution in [3.63, 3.8) is 0 Å². The third-order valence-corrected chi connectivity index (χ3v) is 3.68. The lowest BCUT2D eigenvalue weighted by Gasteiger charge is -2.10. The summed E-state index contributed by atoms with van der Waals surface area (Å²) in [6.07, 6.45) is 0. The van der Waals surface area contributed by atoms with Gasteiger partial charge in [-0.1, -0.05) is 35.9 Å². The van der Waals surface area contributed by atoms with Crippen molar-refractivity contribution >= 4 is 14.3 Å². The monoisotopic (exact) mass is 272 g/mol. The number of rotatable bonds is 4. The van der Waals surface area contributed by atoms with E-state index in [-0.39, 0.29) is 14.3 Å². The number of hydrogen-bond donors (Lipinski definition) is 0. The minimum atomic E-state index is -0.188. The Morgan fingerprint density at radius 2 is 1.58 bits per heavy atom. The molecule has 0 aliphatic rings. The summed E-state index contributed by atoms with van der Waals surface area (Å²) < 4.78 is 5.54. The van der Waals surface area contributed by atoms with Crippen LogP contribution in [0.15, 0.2) is 42.5 Å². The van der Waals surface area contributed by atoms with Crippen LogP contribution in [-0.2, 0) is 0 Å². The molecule has 1 unspecified atom stereocenters. The summed E-state index contributed by atoms with van der Waals surface area (Å²) in [4.78, 5) is 12.3. The van der Waals surface area contributed by atoms with Crippen LogP contribution in [-0.4, -0.2) is 5.52 Å². The van der Waals surface area contributed by atoms with Crippen LogP contribution in [0.2, 0.25) is 0 Å². The zero-order valence-electron chi connectivity index (χ0n) is 11.4. The van der Waals surface area contributed by atoms with Gasteiger partial charge in [0.05, 0.1) is 0 Å². The second-order valence-electron chi connectivity index (χ2n) is 4.62. The van der Waals surface area contributed by atoms with Gasteiger partial charge in [0.2, 0.25) is 5.52 Å². The predicted octanol–water partition coefficient (Wildman–Crippen LogP) is 4.42. The fourth-order valence-electron chi connectivity index (χ4n) is 2.18. The standard InChI is InChI=1S/C16H17O2P/c1-11-9-12(2)15(13(3)10-11)16(17)19-18-14-7-5-4-6-8-14/h4-10,19H,1-3H3. The second-order valence-corrected chi connectivity index (χ2v) is 5.48. The first-order valence-electron chi connectivity index (χ1n) is 6.18. The summed E-state index contributed by atoms with van der Waals surface area (Å²) in [5.74, 6) is 0.733. The van der Waals surface area contributed by atoms with Gasteiger partial charge in [0.1, 0.15) is 14.6 Å². The van der Waals surface area contributed by atoms with Gasteiger partial charge in [-0.3, -0.25) is 4.79 Å². The Morgan fingerprint density at radius 1 is 1.00 bits per heavy atom. The van der Waals surface area contributed by atoms with Gasteiger partial charge < -0.3 is 4.52 Å². The Kier molecular flexibility index (Phi) is 4.34. The Bertz CT molecular complexity index is 568. The quantitative estimate of drug-likeness (QED) is 0.770. The van der Waals surface area contributed by atoms with Crippen LogP contribution in [0.5, 0.6) is 5.75 Å². The molecule has 0 aromatic heterocycles. The minimum absolute atomic E-state index is 0.0545. The molecule has 0 aliphatic heterocycles. The van der Waals surface area contributed by atoms with Crippen molar-refractivity contribution < 1.29 is 9.32 Å². The fourth-order valence-corrected chi connectivity index (χ4v) is 3.03. The number of carbonyl (C=O) groups excluding carboxylic acids is 1. The molecular formula is C16H17O2P. The summed E-state index contributed by atoms with van der Waals surface area (Å²) in [6.45, 7) is 5.98. The van der Waals surface area contributed by atoms with E-state index in [2.05, 4.69) is 0 Å². The highest BCUT2D eigenvalue weighted by Gasteiger charge is 2.14. The van der Waals surface area contributed by atoms with E-state index in [0.29, 0.717) is 0 Å². The Morgan fingerprint density at radius 3 is 2.16 bits per heavy atom. The van der Waals surface area contributed by atoms with Gasteiger partial charge in [0.25, 0.3) is 0 Å². The van der Waals surface area contributed by atoms with Gasteiger partial charge >= 0.3 is 0 Å². The van der Waals surface area contributed by atoms with Crippen molar-refractivity contribution in [2.75, 3.05) is 0 Å². The summed E-state index contributed by atoms with van der Waals surface area (Å²) >= 11 is 0. The van der Waals surface area contributed by atoms with Crippen LogP contribution in [0, 0.1) is 20.8 Å². The van der Waals surface area contributed by atoms with Gasteiger partial charge in [0, 0.05) is 5.56 Å². The molecule has 0 saturated heterocycles. The number of hydrogen-bond acceptors (Lipinski definition) is 2. The highest BCUT2D eigenvalue weighted by atomic mass is 31.1. The summed E-state index contributed by atoms with van der Waals surface area (Å²) in [5.41, 5.74) is 4.07. The summed E-state index contributed by atoms with van der Waals surface area (Å²) in [6, 6.07) is 13.5. The average molecular weight is 272 g/mol. The molecule has 3 heteroatoms. The average Bonchev–Trinajstić information content (AvgIpc) is 2.36. The molecule has 0 radical (unpaired) electrons. The maximum absolute atomic E-state index is 12.3. The van der Waals surface area contributed by atoms with E-state index in [1.165, 1.54) is 5.56 Å². The Balaban J connectivity index is 2.13. The molecule has 2 aromatic carbocycles. The first kappa shape index (κ1) is 13.8. The van der Waals surface area contributed by atoms with Crippen molar-refractivity contribution in [2.24, 2.45) is 0 Å². The molecule has 1 atom stereocenters. The number of aryl methyl sites for hydroxylation is 3. The van der Waals surface area contributed by atoms with E-state index in [4.69, 9.17) is 4.52 Å².